The van der Waals surface area contributed by atoms with Crippen molar-refractivity contribution in [1.82, 2.24) is 4.90 Å². The summed E-state index contributed by atoms with van der Waals surface area (Å²) in [5, 5.41) is 2.95. The third-order valence-electron chi connectivity index (χ3n) is 3.95. The van der Waals surface area contributed by atoms with Crippen LogP contribution in [0.15, 0.2) is 18.2 Å². The molecule has 0 bridgehead atoms. The van der Waals surface area contributed by atoms with Gasteiger partial charge in [-0.3, -0.25) is 9.59 Å². The number of nitrogens with one attached hydrogen (secondary N) is 1. The van der Waals surface area contributed by atoms with E-state index in [0.717, 1.165) is 11.3 Å². The molecule has 0 fully saturated rings. The van der Waals surface area contributed by atoms with Crippen molar-refractivity contribution >= 4 is 17.5 Å². The second-order valence-electron chi connectivity index (χ2n) is 8.48. The number of rotatable bonds is 4. The fourth-order valence-corrected chi connectivity index (χ4v) is 2.96. The number of fused-ring (bicyclic) bond motifs is 1. The van der Waals surface area contributed by atoms with Crippen LogP contribution >= 0.6 is 0 Å². The molecule has 1 unspecified atom stereocenters. The van der Waals surface area contributed by atoms with Crippen molar-refractivity contribution in [3.63, 3.8) is 0 Å². The van der Waals surface area contributed by atoms with Crippen molar-refractivity contribution < 1.29 is 14.3 Å². The van der Waals surface area contributed by atoms with E-state index < -0.39 is 6.10 Å². The first-order chi connectivity index (χ1) is 11.5. The summed E-state index contributed by atoms with van der Waals surface area (Å²) in [6, 6.07) is 5.58. The van der Waals surface area contributed by atoms with Gasteiger partial charge in [-0.2, -0.15) is 0 Å². The zero-order valence-electron chi connectivity index (χ0n) is 16.2. The minimum absolute atomic E-state index is 0.00298. The molecule has 1 aliphatic heterocycles. The first-order valence-corrected chi connectivity index (χ1v) is 8.93. The Hall–Kier alpha value is -2.04. The lowest BCUT2D eigenvalue weighted by atomic mass is 9.92. The van der Waals surface area contributed by atoms with Crippen LogP contribution in [-0.2, 0) is 16.1 Å². The zero-order valence-corrected chi connectivity index (χ0v) is 16.2. The van der Waals surface area contributed by atoms with Crippen molar-refractivity contribution in [3.8, 4) is 5.75 Å². The Balaban J connectivity index is 2.20. The highest BCUT2D eigenvalue weighted by Crippen LogP contribution is 2.29. The maximum atomic E-state index is 12.5. The standard InChI is InChI=1S/C20H30N2O3/c1-13(2)11-22-12-15-9-16(21-18(23)10-20(4,5)6)7-8-17(15)25-14(3)19(22)24/h7-9,13-14H,10-12H2,1-6H3,(H,21,23). The first-order valence-electron chi connectivity index (χ1n) is 8.93. The highest BCUT2D eigenvalue weighted by Gasteiger charge is 2.28. The molecule has 5 nitrogen and oxygen atoms in total. The molecule has 1 heterocycles. The summed E-state index contributed by atoms with van der Waals surface area (Å²) < 4.78 is 5.82. The molecule has 5 heteroatoms. The summed E-state index contributed by atoms with van der Waals surface area (Å²) in [6.07, 6.45) is -0.0448. The number of benzene rings is 1. The molecule has 1 aromatic rings. The van der Waals surface area contributed by atoms with E-state index in [9.17, 15) is 9.59 Å². The molecule has 0 radical (unpaired) electrons. The largest absolute Gasteiger partial charge is 0.481 e. The van der Waals surface area contributed by atoms with Gasteiger partial charge in [-0.05, 0) is 36.5 Å². The van der Waals surface area contributed by atoms with Crippen LogP contribution in [0.1, 0.15) is 53.5 Å². The number of hydrogen-bond donors (Lipinski definition) is 1. The monoisotopic (exact) mass is 346 g/mol. The van der Waals surface area contributed by atoms with Gasteiger partial charge in [0.25, 0.3) is 5.91 Å². The van der Waals surface area contributed by atoms with Gasteiger partial charge in [-0.1, -0.05) is 34.6 Å². The minimum atomic E-state index is -0.499. The number of ether oxygens (including phenoxy) is 1. The van der Waals surface area contributed by atoms with Crippen molar-refractivity contribution in [1.29, 1.82) is 0 Å². The van der Waals surface area contributed by atoms with E-state index in [2.05, 4.69) is 19.2 Å². The molecular formula is C20H30N2O3. The number of anilines is 1. The Labute approximate surface area is 150 Å². The number of amides is 2. The van der Waals surface area contributed by atoms with Crippen molar-refractivity contribution in [2.75, 3.05) is 11.9 Å². The average molecular weight is 346 g/mol. The molecule has 25 heavy (non-hydrogen) atoms. The second kappa shape index (κ2) is 7.46. The van der Waals surface area contributed by atoms with Crippen LogP contribution in [0.4, 0.5) is 5.69 Å². The van der Waals surface area contributed by atoms with Gasteiger partial charge in [0.05, 0.1) is 0 Å². The average Bonchev–Trinajstić information content (AvgIpc) is 2.55. The van der Waals surface area contributed by atoms with Gasteiger partial charge in [0.15, 0.2) is 6.10 Å². The van der Waals surface area contributed by atoms with Crippen molar-refractivity contribution in [2.24, 2.45) is 11.3 Å². The topological polar surface area (TPSA) is 58.6 Å². The summed E-state index contributed by atoms with van der Waals surface area (Å²) in [5.74, 6) is 1.09. The molecule has 1 N–H and O–H groups in total. The Bertz CT molecular complexity index is 647. The molecule has 1 aliphatic rings. The van der Waals surface area contributed by atoms with Crippen LogP contribution in [0.25, 0.3) is 0 Å². The van der Waals surface area contributed by atoms with Gasteiger partial charge < -0.3 is 15.0 Å². The van der Waals surface area contributed by atoms with E-state index in [4.69, 9.17) is 4.74 Å². The lowest BCUT2D eigenvalue weighted by molar-refractivity contribution is -0.138. The van der Waals surface area contributed by atoms with Gasteiger partial charge >= 0.3 is 0 Å². The third kappa shape index (κ3) is 5.48. The quantitative estimate of drug-likeness (QED) is 0.901. The molecule has 0 aromatic heterocycles. The van der Waals surface area contributed by atoms with Gasteiger partial charge in [-0.15, -0.1) is 0 Å². The van der Waals surface area contributed by atoms with Gasteiger partial charge in [0.1, 0.15) is 5.75 Å². The lowest BCUT2D eigenvalue weighted by Crippen LogP contribution is -2.39. The summed E-state index contributed by atoms with van der Waals surface area (Å²) in [6.45, 7) is 13.3. The molecule has 1 aromatic carbocycles. The Morgan fingerprint density at radius 1 is 1.36 bits per heavy atom. The fourth-order valence-electron chi connectivity index (χ4n) is 2.96. The number of hydrogen-bond acceptors (Lipinski definition) is 3. The summed E-state index contributed by atoms with van der Waals surface area (Å²) in [7, 11) is 0. The Morgan fingerprint density at radius 2 is 2.04 bits per heavy atom. The minimum Gasteiger partial charge on any atom is -0.481 e. The fraction of sp³-hybridized carbons (Fsp3) is 0.600. The molecule has 0 spiro atoms. The number of nitrogens with zero attached hydrogens (tertiary/aromatic N) is 1. The molecule has 2 rings (SSSR count). The molecule has 2 amide bonds. The van der Waals surface area contributed by atoms with E-state index in [-0.39, 0.29) is 17.2 Å². The van der Waals surface area contributed by atoms with Crippen LogP contribution < -0.4 is 10.1 Å². The van der Waals surface area contributed by atoms with Crippen LogP contribution in [0.5, 0.6) is 5.75 Å². The Morgan fingerprint density at radius 3 is 2.64 bits per heavy atom. The summed E-state index contributed by atoms with van der Waals surface area (Å²) in [4.78, 5) is 26.5. The van der Waals surface area contributed by atoms with Crippen LogP contribution in [-0.4, -0.2) is 29.4 Å². The smallest absolute Gasteiger partial charge is 0.263 e. The van der Waals surface area contributed by atoms with Gasteiger partial charge in [0.2, 0.25) is 5.91 Å². The first kappa shape index (κ1) is 19.3. The summed E-state index contributed by atoms with van der Waals surface area (Å²) in [5.41, 5.74) is 1.60. The van der Waals surface area contributed by atoms with Gasteiger partial charge in [0, 0.05) is 30.8 Å². The highest BCUT2D eigenvalue weighted by molar-refractivity contribution is 5.91. The van der Waals surface area contributed by atoms with Crippen molar-refractivity contribution in [2.45, 2.75) is 60.6 Å². The predicted octanol–water partition coefficient (Wildman–Crippen LogP) is 3.83. The highest BCUT2D eigenvalue weighted by atomic mass is 16.5. The van der Waals surface area contributed by atoms with E-state index in [1.807, 2.05) is 43.9 Å². The number of carbonyl (C=O) groups is 2. The lowest BCUT2D eigenvalue weighted by Gasteiger charge is -2.24. The van der Waals surface area contributed by atoms with Crippen LogP contribution in [0.3, 0.4) is 0 Å². The second-order valence-corrected chi connectivity index (χ2v) is 8.48. The van der Waals surface area contributed by atoms with E-state index >= 15 is 0 Å². The Kier molecular flexibility index (Phi) is 5.76. The molecule has 0 saturated carbocycles. The van der Waals surface area contributed by atoms with Crippen LogP contribution in [0, 0.1) is 11.3 Å². The summed E-state index contributed by atoms with van der Waals surface area (Å²) >= 11 is 0. The molecule has 138 valence electrons. The third-order valence-corrected chi connectivity index (χ3v) is 3.95. The van der Waals surface area contributed by atoms with E-state index in [0.29, 0.717) is 31.2 Å². The maximum Gasteiger partial charge on any atom is 0.263 e. The van der Waals surface area contributed by atoms with E-state index in [1.54, 1.807) is 6.92 Å². The van der Waals surface area contributed by atoms with Crippen LogP contribution in [0.2, 0.25) is 0 Å². The molecular weight excluding hydrogens is 316 g/mol. The molecule has 1 atom stereocenters. The van der Waals surface area contributed by atoms with Gasteiger partial charge in [-0.25, -0.2) is 0 Å². The zero-order chi connectivity index (χ0) is 18.8. The number of carbonyl (C=O) groups excluding carboxylic acids is 2. The maximum absolute atomic E-state index is 12.5. The van der Waals surface area contributed by atoms with E-state index in [1.165, 1.54) is 0 Å². The SMILES string of the molecule is CC(C)CN1Cc2cc(NC(=O)CC(C)(C)C)ccc2OC(C)C1=O. The molecule has 0 aliphatic carbocycles. The predicted molar refractivity (Wildman–Crippen MR) is 99.5 cm³/mol. The molecule has 0 saturated heterocycles. The van der Waals surface area contributed by atoms with Crippen molar-refractivity contribution in [3.05, 3.63) is 23.8 Å². The normalized spacial score (nSPS) is 17.8.